The summed E-state index contributed by atoms with van der Waals surface area (Å²) in [5.74, 6) is 1.10. The summed E-state index contributed by atoms with van der Waals surface area (Å²) in [4.78, 5) is 13.1. The Bertz CT molecular complexity index is 376. The van der Waals surface area contributed by atoms with E-state index in [2.05, 4.69) is 19.9 Å². The number of rotatable bonds is 4. The maximum absolute atomic E-state index is 11.6. The molecule has 0 heterocycles. The molecule has 17 heavy (non-hydrogen) atoms. The lowest BCUT2D eigenvalue weighted by molar-refractivity contribution is 0.165. The predicted octanol–water partition coefficient (Wildman–Crippen LogP) is 3.65. The fraction of sp³-hybridized carbons (Fsp3) is 0.500. The fourth-order valence-corrected chi connectivity index (χ4v) is 1.43. The molecule has 0 spiro atoms. The summed E-state index contributed by atoms with van der Waals surface area (Å²) in [6, 6.07) is 7.74. The van der Waals surface area contributed by atoms with Gasteiger partial charge in [0.2, 0.25) is 0 Å². The second-order valence-corrected chi connectivity index (χ2v) is 4.26. The Labute approximate surface area is 103 Å². The van der Waals surface area contributed by atoms with Gasteiger partial charge < -0.3 is 9.64 Å². The molecule has 0 aliphatic carbocycles. The van der Waals surface area contributed by atoms with Crippen molar-refractivity contribution in [2.75, 3.05) is 13.6 Å². The van der Waals surface area contributed by atoms with Gasteiger partial charge in [-0.25, -0.2) is 4.79 Å². The van der Waals surface area contributed by atoms with Gasteiger partial charge in [0.1, 0.15) is 5.75 Å². The Morgan fingerprint density at radius 2 is 2.12 bits per heavy atom. The third-order valence-corrected chi connectivity index (χ3v) is 3.03. The zero-order valence-electron chi connectivity index (χ0n) is 11.1. The van der Waals surface area contributed by atoms with Gasteiger partial charge in [0.15, 0.2) is 0 Å². The van der Waals surface area contributed by atoms with E-state index in [1.54, 1.807) is 7.05 Å². The number of ether oxygens (including phenoxy) is 1. The van der Waals surface area contributed by atoms with Crippen LogP contribution in [0.2, 0.25) is 0 Å². The van der Waals surface area contributed by atoms with Crippen molar-refractivity contribution in [3.05, 3.63) is 29.8 Å². The number of amides is 1. The monoisotopic (exact) mass is 235 g/mol. The van der Waals surface area contributed by atoms with E-state index < -0.39 is 0 Å². The van der Waals surface area contributed by atoms with E-state index in [1.807, 2.05) is 25.1 Å². The van der Waals surface area contributed by atoms with Crippen LogP contribution in [0.25, 0.3) is 0 Å². The van der Waals surface area contributed by atoms with Crippen molar-refractivity contribution in [1.82, 2.24) is 4.90 Å². The summed E-state index contributed by atoms with van der Waals surface area (Å²) in [6.07, 6.45) is 0.764. The second kappa shape index (κ2) is 6.28. The summed E-state index contributed by atoms with van der Waals surface area (Å²) >= 11 is 0. The summed E-state index contributed by atoms with van der Waals surface area (Å²) in [5.41, 5.74) is 1.21. The molecule has 3 nitrogen and oxygen atoms in total. The molecule has 0 saturated carbocycles. The van der Waals surface area contributed by atoms with Crippen molar-refractivity contribution < 1.29 is 9.53 Å². The Balaban J connectivity index is 2.75. The average molecular weight is 235 g/mol. The maximum atomic E-state index is 11.6. The van der Waals surface area contributed by atoms with Crippen LogP contribution in [0.3, 0.4) is 0 Å². The quantitative estimate of drug-likeness (QED) is 0.797. The number of carbonyl (C=O) groups excluding carboxylic acids is 1. The SMILES string of the molecule is CC[C@@H](C)c1cccc(OC(=O)N(C)CC)c1. The van der Waals surface area contributed by atoms with Gasteiger partial charge >= 0.3 is 6.09 Å². The molecule has 0 saturated heterocycles. The second-order valence-electron chi connectivity index (χ2n) is 4.26. The van der Waals surface area contributed by atoms with Crippen molar-refractivity contribution in [1.29, 1.82) is 0 Å². The van der Waals surface area contributed by atoms with Gasteiger partial charge in [0.25, 0.3) is 0 Å². The molecular formula is C14H21NO2. The van der Waals surface area contributed by atoms with Crippen molar-refractivity contribution in [3.8, 4) is 5.75 Å². The highest BCUT2D eigenvalue weighted by atomic mass is 16.6. The molecule has 1 aromatic rings. The van der Waals surface area contributed by atoms with E-state index in [1.165, 1.54) is 10.5 Å². The standard InChI is InChI=1S/C14H21NO2/c1-5-11(3)12-8-7-9-13(10-12)17-14(16)15(4)6-2/h7-11H,5-6H2,1-4H3/t11-/m1/s1. The van der Waals surface area contributed by atoms with E-state index in [4.69, 9.17) is 4.74 Å². The molecule has 1 amide bonds. The van der Waals surface area contributed by atoms with Gasteiger partial charge in [-0.2, -0.15) is 0 Å². The number of benzene rings is 1. The molecule has 3 heteroatoms. The third-order valence-electron chi connectivity index (χ3n) is 3.03. The van der Waals surface area contributed by atoms with Crippen molar-refractivity contribution >= 4 is 6.09 Å². The topological polar surface area (TPSA) is 29.5 Å². The van der Waals surface area contributed by atoms with Crippen LogP contribution in [0.1, 0.15) is 38.7 Å². The van der Waals surface area contributed by atoms with Gasteiger partial charge in [-0.3, -0.25) is 0 Å². The van der Waals surface area contributed by atoms with Gasteiger partial charge in [0, 0.05) is 13.6 Å². The van der Waals surface area contributed by atoms with E-state index in [0.29, 0.717) is 18.2 Å². The smallest absolute Gasteiger partial charge is 0.410 e. The lowest BCUT2D eigenvalue weighted by Crippen LogP contribution is -2.29. The summed E-state index contributed by atoms with van der Waals surface area (Å²) in [6.45, 7) is 6.87. The first kappa shape index (κ1) is 13.6. The molecule has 1 atom stereocenters. The summed E-state index contributed by atoms with van der Waals surface area (Å²) in [7, 11) is 1.72. The van der Waals surface area contributed by atoms with Crippen LogP contribution in [0.15, 0.2) is 24.3 Å². The molecular weight excluding hydrogens is 214 g/mol. The Hall–Kier alpha value is -1.51. The summed E-state index contributed by atoms with van der Waals surface area (Å²) in [5, 5.41) is 0. The number of hydrogen-bond donors (Lipinski definition) is 0. The molecule has 0 bridgehead atoms. The van der Waals surface area contributed by atoms with Gasteiger partial charge in [-0.05, 0) is 37.0 Å². The highest BCUT2D eigenvalue weighted by Gasteiger charge is 2.10. The fourth-order valence-electron chi connectivity index (χ4n) is 1.43. The van der Waals surface area contributed by atoms with Crippen molar-refractivity contribution in [2.24, 2.45) is 0 Å². The first-order valence-electron chi connectivity index (χ1n) is 6.11. The lowest BCUT2D eigenvalue weighted by atomic mass is 9.99. The molecule has 0 radical (unpaired) electrons. The van der Waals surface area contributed by atoms with Gasteiger partial charge in [-0.15, -0.1) is 0 Å². The number of hydrogen-bond acceptors (Lipinski definition) is 2. The normalized spacial score (nSPS) is 12.0. The molecule has 0 aliphatic rings. The Morgan fingerprint density at radius 1 is 1.41 bits per heavy atom. The van der Waals surface area contributed by atoms with Crippen LogP contribution in [0.5, 0.6) is 5.75 Å². The van der Waals surface area contributed by atoms with E-state index in [-0.39, 0.29) is 6.09 Å². The van der Waals surface area contributed by atoms with Crippen LogP contribution in [0.4, 0.5) is 4.79 Å². The van der Waals surface area contributed by atoms with Crippen molar-refractivity contribution in [3.63, 3.8) is 0 Å². The van der Waals surface area contributed by atoms with Crippen molar-refractivity contribution in [2.45, 2.75) is 33.1 Å². The first-order valence-corrected chi connectivity index (χ1v) is 6.11. The largest absolute Gasteiger partial charge is 0.414 e. The highest BCUT2D eigenvalue weighted by molar-refractivity contribution is 5.70. The molecule has 1 aromatic carbocycles. The third kappa shape index (κ3) is 3.77. The highest BCUT2D eigenvalue weighted by Crippen LogP contribution is 2.23. The van der Waals surface area contributed by atoms with E-state index in [0.717, 1.165) is 6.42 Å². The van der Waals surface area contributed by atoms with Crippen LogP contribution < -0.4 is 4.74 Å². The number of nitrogens with zero attached hydrogens (tertiary/aromatic N) is 1. The average Bonchev–Trinajstić information content (AvgIpc) is 2.37. The minimum absolute atomic E-state index is 0.311. The van der Waals surface area contributed by atoms with Crippen LogP contribution in [-0.2, 0) is 0 Å². The molecule has 0 N–H and O–H groups in total. The van der Waals surface area contributed by atoms with Crippen LogP contribution in [0, 0.1) is 0 Å². The molecule has 0 aliphatic heterocycles. The zero-order chi connectivity index (χ0) is 12.8. The Morgan fingerprint density at radius 3 is 2.71 bits per heavy atom. The van der Waals surface area contributed by atoms with Gasteiger partial charge in [0.05, 0.1) is 0 Å². The predicted molar refractivity (Wildman–Crippen MR) is 69.5 cm³/mol. The molecule has 0 aromatic heterocycles. The summed E-state index contributed by atoms with van der Waals surface area (Å²) < 4.78 is 5.29. The lowest BCUT2D eigenvalue weighted by Gasteiger charge is -2.15. The molecule has 1 rings (SSSR count). The minimum atomic E-state index is -0.311. The Kier molecular flexibility index (Phi) is 5.01. The van der Waals surface area contributed by atoms with Gasteiger partial charge in [-0.1, -0.05) is 26.0 Å². The molecule has 0 fully saturated rings. The minimum Gasteiger partial charge on any atom is -0.410 e. The first-order chi connectivity index (χ1) is 8.08. The molecule has 0 unspecified atom stereocenters. The van der Waals surface area contributed by atoms with Crippen LogP contribution >= 0.6 is 0 Å². The zero-order valence-corrected chi connectivity index (χ0v) is 11.1. The number of carbonyl (C=O) groups is 1. The van der Waals surface area contributed by atoms with E-state index >= 15 is 0 Å². The van der Waals surface area contributed by atoms with E-state index in [9.17, 15) is 4.79 Å². The van der Waals surface area contributed by atoms with Crippen LogP contribution in [-0.4, -0.2) is 24.6 Å². The maximum Gasteiger partial charge on any atom is 0.414 e. The molecule has 94 valence electrons.